The van der Waals surface area contributed by atoms with Gasteiger partial charge in [-0.2, -0.15) is 0 Å². The van der Waals surface area contributed by atoms with E-state index < -0.39 is 21.0 Å². The zero-order valence-electron chi connectivity index (χ0n) is 23.6. The first-order chi connectivity index (χ1) is 17.0. The number of ether oxygens (including phenoxy) is 2. The number of esters is 1. The number of nitrogens with two attached hydrogens (primary N) is 1. The minimum Gasteiger partial charge on any atom is -0.493 e. The number of primary sulfonamides is 1. The molecule has 2 N–H and O–H groups in total. The van der Waals surface area contributed by atoms with E-state index in [4.69, 9.17) is 14.6 Å². The molecule has 0 heterocycles. The molecule has 0 saturated carbocycles. The third-order valence-electron chi connectivity index (χ3n) is 6.28. The maximum atomic E-state index is 12.6. The van der Waals surface area contributed by atoms with Gasteiger partial charge < -0.3 is 9.47 Å². The Hall–Kier alpha value is -2.38. The van der Waals surface area contributed by atoms with Gasteiger partial charge in [-0.15, -0.1) is 0 Å². The summed E-state index contributed by atoms with van der Waals surface area (Å²) in [5.41, 5.74) is 1.59. The first kappa shape index (κ1) is 30.8. The summed E-state index contributed by atoms with van der Waals surface area (Å²) in [7, 11) is -3.69. The predicted octanol–water partition coefficient (Wildman–Crippen LogP) is 6.45. The van der Waals surface area contributed by atoms with Crippen molar-refractivity contribution < 1.29 is 22.7 Å². The van der Waals surface area contributed by atoms with Crippen LogP contribution in [-0.2, 0) is 32.4 Å². The lowest BCUT2D eigenvalue weighted by atomic mass is 9.72. The van der Waals surface area contributed by atoms with Crippen molar-refractivity contribution in [3.8, 4) is 5.75 Å². The van der Waals surface area contributed by atoms with Crippen molar-refractivity contribution in [3.05, 3.63) is 59.7 Å². The lowest BCUT2D eigenvalue weighted by Gasteiger charge is -2.35. The van der Waals surface area contributed by atoms with Gasteiger partial charge in [-0.05, 0) is 101 Å². The summed E-state index contributed by atoms with van der Waals surface area (Å²) in [5.74, 6) is 0.486. The van der Waals surface area contributed by atoms with Crippen molar-refractivity contribution >= 4 is 16.0 Å². The lowest BCUT2D eigenvalue weighted by molar-refractivity contribution is -0.167. The molecular weight excluding hydrogens is 486 g/mol. The van der Waals surface area contributed by atoms with E-state index in [1.54, 1.807) is 12.1 Å². The molecule has 0 aliphatic heterocycles. The summed E-state index contributed by atoms with van der Waals surface area (Å²) in [5, 5.41) is 5.12. The summed E-state index contributed by atoms with van der Waals surface area (Å²) < 4.78 is 34.0. The third kappa shape index (κ3) is 11.3. The van der Waals surface area contributed by atoms with Crippen molar-refractivity contribution in [2.24, 2.45) is 16.0 Å². The van der Waals surface area contributed by atoms with Crippen LogP contribution in [0.15, 0.2) is 53.4 Å². The van der Waals surface area contributed by atoms with E-state index in [9.17, 15) is 13.2 Å². The molecule has 37 heavy (non-hydrogen) atoms. The van der Waals surface area contributed by atoms with E-state index in [0.29, 0.717) is 12.4 Å². The van der Waals surface area contributed by atoms with Crippen molar-refractivity contribution in [2.45, 2.75) is 97.5 Å². The molecular formula is C30H45NO5S. The highest BCUT2D eigenvalue weighted by atomic mass is 32.2. The smallest absolute Gasteiger partial charge is 0.312 e. The molecule has 2 aromatic carbocycles. The van der Waals surface area contributed by atoms with Crippen molar-refractivity contribution in [1.29, 1.82) is 0 Å². The molecule has 0 amide bonds. The molecule has 0 bridgehead atoms. The fraction of sp³-hybridized carbons (Fsp3) is 0.567. The SMILES string of the molecule is CC(C)(CCCCc1ccc(CCOc2ccc(S(N)(=O)=O)cc2)cc1)CC(C)(C)C(=O)OC(C)(C)C. The van der Waals surface area contributed by atoms with Crippen LogP contribution in [0, 0.1) is 10.8 Å². The number of unbranched alkanes of at least 4 members (excludes halogenated alkanes) is 1. The zero-order valence-corrected chi connectivity index (χ0v) is 24.4. The van der Waals surface area contributed by atoms with Crippen molar-refractivity contribution in [3.63, 3.8) is 0 Å². The van der Waals surface area contributed by atoms with Crippen LogP contribution in [0.5, 0.6) is 5.75 Å². The average Bonchev–Trinajstić information content (AvgIpc) is 2.75. The molecule has 7 heteroatoms. The van der Waals surface area contributed by atoms with Gasteiger partial charge in [0.2, 0.25) is 10.0 Å². The zero-order chi connectivity index (χ0) is 27.9. The fourth-order valence-electron chi connectivity index (χ4n) is 4.59. The molecule has 0 aliphatic carbocycles. The Labute approximate surface area is 224 Å². The largest absolute Gasteiger partial charge is 0.493 e. The van der Waals surface area contributed by atoms with Gasteiger partial charge in [-0.25, -0.2) is 13.6 Å². The minimum atomic E-state index is -3.69. The van der Waals surface area contributed by atoms with Crippen LogP contribution in [0.4, 0.5) is 0 Å². The van der Waals surface area contributed by atoms with Crippen LogP contribution in [0.1, 0.15) is 85.3 Å². The molecule has 2 aromatic rings. The molecule has 0 radical (unpaired) electrons. The maximum absolute atomic E-state index is 12.6. The van der Waals surface area contributed by atoms with Gasteiger partial charge in [0, 0.05) is 6.42 Å². The summed E-state index contributed by atoms with van der Waals surface area (Å²) in [6.45, 7) is 14.7. The number of sulfonamides is 1. The highest BCUT2D eigenvalue weighted by molar-refractivity contribution is 7.89. The number of carbonyl (C=O) groups excluding carboxylic acids is 1. The van der Waals surface area contributed by atoms with Crippen LogP contribution < -0.4 is 9.88 Å². The van der Waals surface area contributed by atoms with Crippen LogP contribution in [0.2, 0.25) is 0 Å². The molecule has 0 saturated heterocycles. The number of aryl methyl sites for hydroxylation is 1. The Balaban J connectivity index is 1.73. The monoisotopic (exact) mass is 531 g/mol. The Morgan fingerprint density at radius 1 is 0.811 bits per heavy atom. The standard InChI is InChI=1S/C30H45NO5S/c1-28(2,3)36-27(32)30(6,7)22-29(4,5)20-9-8-10-23-11-13-24(14-12-23)19-21-35-25-15-17-26(18-16-25)37(31,33)34/h11-18H,8-10,19-22H2,1-7H3,(H2,31,33,34). The molecule has 0 aliphatic rings. The Kier molecular flexibility index (Phi) is 10.4. The van der Waals surface area contributed by atoms with E-state index in [0.717, 1.165) is 38.5 Å². The van der Waals surface area contributed by atoms with Crippen molar-refractivity contribution in [2.75, 3.05) is 6.61 Å². The lowest BCUT2D eigenvalue weighted by Crippen LogP contribution is -2.36. The number of carbonyl (C=O) groups is 1. The third-order valence-corrected chi connectivity index (χ3v) is 7.20. The van der Waals surface area contributed by atoms with Gasteiger partial charge in [0.15, 0.2) is 0 Å². The number of rotatable bonds is 13. The van der Waals surface area contributed by atoms with E-state index in [1.807, 2.05) is 34.6 Å². The van der Waals surface area contributed by atoms with E-state index in [1.165, 1.54) is 23.3 Å². The molecule has 0 aromatic heterocycles. The van der Waals surface area contributed by atoms with E-state index in [-0.39, 0.29) is 16.3 Å². The highest BCUT2D eigenvalue weighted by Crippen LogP contribution is 2.39. The van der Waals surface area contributed by atoms with Crippen molar-refractivity contribution in [1.82, 2.24) is 0 Å². The summed E-state index contributed by atoms with van der Waals surface area (Å²) in [4.78, 5) is 12.7. The van der Waals surface area contributed by atoms with Crippen LogP contribution in [0.25, 0.3) is 0 Å². The number of benzene rings is 2. The van der Waals surface area contributed by atoms with Crippen LogP contribution >= 0.6 is 0 Å². The second kappa shape index (κ2) is 12.4. The molecule has 2 rings (SSSR count). The quantitative estimate of drug-likeness (QED) is 0.237. The second-order valence-corrected chi connectivity index (χ2v) is 13.9. The van der Waals surface area contributed by atoms with Crippen LogP contribution in [-0.4, -0.2) is 26.6 Å². The first-order valence-electron chi connectivity index (χ1n) is 13.0. The molecule has 6 nitrogen and oxygen atoms in total. The fourth-order valence-corrected chi connectivity index (χ4v) is 5.11. The summed E-state index contributed by atoms with van der Waals surface area (Å²) in [6, 6.07) is 14.7. The Bertz CT molecular complexity index is 1110. The van der Waals surface area contributed by atoms with Gasteiger partial charge in [0.25, 0.3) is 0 Å². The first-order valence-corrected chi connectivity index (χ1v) is 14.6. The van der Waals surface area contributed by atoms with Crippen LogP contribution in [0.3, 0.4) is 0 Å². The molecule has 0 atom stereocenters. The normalized spacial score (nSPS) is 12.9. The van der Waals surface area contributed by atoms with Gasteiger partial charge in [0.05, 0.1) is 16.9 Å². The maximum Gasteiger partial charge on any atom is 0.312 e. The average molecular weight is 532 g/mol. The van der Waals surface area contributed by atoms with Gasteiger partial charge in [-0.1, -0.05) is 44.5 Å². The highest BCUT2D eigenvalue weighted by Gasteiger charge is 2.37. The van der Waals surface area contributed by atoms with Gasteiger partial charge >= 0.3 is 5.97 Å². The Morgan fingerprint density at radius 3 is 1.86 bits per heavy atom. The Morgan fingerprint density at radius 2 is 1.35 bits per heavy atom. The van der Waals surface area contributed by atoms with Gasteiger partial charge in [0.1, 0.15) is 11.4 Å². The summed E-state index contributed by atoms with van der Waals surface area (Å²) >= 11 is 0. The topological polar surface area (TPSA) is 95.7 Å². The number of hydrogen-bond donors (Lipinski definition) is 1. The second-order valence-electron chi connectivity index (χ2n) is 12.4. The van der Waals surface area contributed by atoms with E-state index >= 15 is 0 Å². The predicted molar refractivity (Wildman–Crippen MR) is 149 cm³/mol. The summed E-state index contributed by atoms with van der Waals surface area (Å²) in [6.07, 6.45) is 5.86. The number of hydrogen-bond acceptors (Lipinski definition) is 5. The van der Waals surface area contributed by atoms with E-state index in [2.05, 4.69) is 38.1 Å². The minimum absolute atomic E-state index is 0.0587. The molecule has 0 spiro atoms. The molecule has 0 unspecified atom stereocenters. The molecule has 206 valence electrons. The molecule has 0 fully saturated rings. The van der Waals surface area contributed by atoms with Gasteiger partial charge in [-0.3, -0.25) is 4.79 Å².